The summed E-state index contributed by atoms with van der Waals surface area (Å²) in [5.74, 6) is 0.772. The van der Waals surface area contributed by atoms with E-state index < -0.39 is 0 Å². The fraction of sp³-hybridized carbons (Fsp3) is 0.560. The number of amides is 1. The Hall–Kier alpha value is -2.07. The van der Waals surface area contributed by atoms with Crippen molar-refractivity contribution in [1.29, 1.82) is 0 Å². The van der Waals surface area contributed by atoms with Crippen molar-refractivity contribution in [2.75, 3.05) is 26.2 Å². The van der Waals surface area contributed by atoms with E-state index in [4.69, 9.17) is 4.42 Å². The highest BCUT2D eigenvalue weighted by Crippen LogP contribution is 2.28. The van der Waals surface area contributed by atoms with Crippen molar-refractivity contribution in [2.24, 2.45) is 5.92 Å². The van der Waals surface area contributed by atoms with Crippen molar-refractivity contribution in [3.05, 3.63) is 59.5 Å². The summed E-state index contributed by atoms with van der Waals surface area (Å²) in [6.07, 6.45) is 11.5. The van der Waals surface area contributed by atoms with Crippen LogP contribution in [0.15, 0.2) is 47.3 Å². The first-order chi connectivity index (χ1) is 14.2. The number of aryl methyl sites for hydroxylation is 1. The van der Waals surface area contributed by atoms with Gasteiger partial charge in [0.1, 0.15) is 6.26 Å². The van der Waals surface area contributed by atoms with E-state index in [-0.39, 0.29) is 5.91 Å². The Morgan fingerprint density at radius 3 is 2.55 bits per heavy atom. The van der Waals surface area contributed by atoms with E-state index in [0.29, 0.717) is 17.5 Å². The van der Waals surface area contributed by atoms with Crippen LogP contribution < -0.4 is 0 Å². The summed E-state index contributed by atoms with van der Waals surface area (Å²) in [5.41, 5.74) is 3.56. The minimum Gasteiger partial charge on any atom is -0.472 e. The molecule has 4 rings (SSSR count). The normalized spacial score (nSPS) is 18.9. The van der Waals surface area contributed by atoms with E-state index >= 15 is 0 Å². The fourth-order valence-electron chi connectivity index (χ4n) is 5.01. The van der Waals surface area contributed by atoms with Crippen molar-refractivity contribution in [1.82, 2.24) is 9.80 Å². The molecule has 1 aliphatic heterocycles. The van der Waals surface area contributed by atoms with Gasteiger partial charge in [0.25, 0.3) is 5.91 Å². The molecule has 0 N–H and O–H groups in total. The number of nitrogens with zero attached hydrogens (tertiary/aromatic N) is 2. The van der Waals surface area contributed by atoms with Gasteiger partial charge in [0.15, 0.2) is 0 Å². The van der Waals surface area contributed by atoms with Gasteiger partial charge < -0.3 is 14.2 Å². The van der Waals surface area contributed by atoms with Crippen LogP contribution in [0.5, 0.6) is 0 Å². The molecule has 0 radical (unpaired) electrons. The molecular weight excluding hydrogens is 360 g/mol. The summed E-state index contributed by atoms with van der Waals surface area (Å²) in [6, 6.07) is 10.9. The Labute approximate surface area is 174 Å². The molecule has 1 saturated heterocycles. The zero-order valence-electron chi connectivity index (χ0n) is 17.7. The summed E-state index contributed by atoms with van der Waals surface area (Å²) in [4.78, 5) is 17.8. The second-order valence-corrected chi connectivity index (χ2v) is 8.87. The first-order valence-corrected chi connectivity index (χ1v) is 11.3. The molecular formula is C25H34N2O2. The third kappa shape index (κ3) is 5.11. The number of carbonyl (C=O) groups excluding carboxylic acids is 1. The topological polar surface area (TPSA) is 36.7 Å². The molecule has 2 aromatic rings. The Morgan fingerprint density at radius 1 is 1.10 bits per heavy atom. The number of benzene rings is 1. The van der Waals surface area contributed by atoms with Crippen LogP contribution in [0.1, 0.15) is 60.0 Å². The predicted molar refractivity (Wildman–Crippen MR) is 116 cm³/mol. The summed E-state index contributed by atoms with van der Waals surface area (Å²) >= 11 is 0. The van der Waals surface area contributed by atoms with Crippen molar-refractivity contribution in [3.8, 4) is 0 Å². The number of hydrogen-bond acceptors (Lipinski definition) is 3. The fourth-order valence-corrected chi connectivity index (χ4v) is 5.01. The number of hydrogen-bond donors (Lipinski definition) is 0. The minimum absolute atomic E-state index is 0.160. The Balaban J connectivity index is 1.30. The maximum atomic E-state index is 13.1. The molecule has 29 heavy (non-hydrogen) atoms. The average Bonchev–Trinajstić information content (AvgIpc) is 3.46. The predicted octanol–water partition coefficient (Wildman–Crippen LogP) is 4.93. The van der Waals surface area contributed by atoms with Gasteiger partial charge in [-0.05, 0) is 75.2 Å². The van der Waals surface area contributed by atoms with Crippen molar-refractivity contribution in [2.45, 2.75) is 57.9 Å². The Bertz CT molecular complexity index is 772. The van der Waals surface area contributed by atoms with Gasteiger partial charge in [-0.25, -0.2) is 0 Å². The standard InChI is InChI=1S/C25H34N2O2/c1-20-6-2-3-7-22(20)12-16-26-14-10-21(11-15-26)18-27(24-8-4-5-9-24)25(28)23-13-17-29-19-23/h2-3,6-7,13,17,19,21,24H,4-5,8-12,14-16,18H2,1H3. The lowest BCUT2D eigenvalue weighted by Crippen LogP contribution is -2.45. The van der Waals surface area contributed by atoms with Gasteiger partial charge in [-0.15, -0.1) is 0 Å². The molecule has 0 bridgehead atoms. The van der Waals surface area contributed by atoms with Crippen molar-refractivity contribution in [3.63, 3.8) is 0 Å². The molecule has 1 aliphatic carbocycles. The number of likely N-dealkylation sites (tertiary alicyclic amines) is 1. The number of piperidine rings is 1. The van der Waals surface area contributed by atoms with Gasteiger partial charge >= 0.3 is 0 Å². The summed E-state index contributed by atoms with van der Waals surface area (Å²) in [7, 11) is 0. The van der Waals surface area contributed by atoms with Crippen LogP contribution in [-0.2, 0) is 6.42 Å². The van der Waals surface area contributed by atoms with E-state index in [0.717, 1.165) is 45.4 Å². The monoisotopic (exact) mass is 394 g/mol. The molecule has 0 atom stereocenters. The van der Waals surface area contributed by atoms with Crippen molar-refractivity contribution >= 4 is 5.91 Å². The average molecular weight is 395 g/mol. The zero-order chi connectivity index (χ0) is 20.1. The molecule has 2 fully saturated rings. The van der Waals surface area contributed by atoms with Crippen LogP contribution in [0, 0.1) is 12.8 Å². The first kappa shape index (κ1) is 20.2. The molecule has 2 aliphatic rings. The van der Waals surface area contributed by atoms with E-state index in [2.05, 4.69) is 41.0 Å². The van der Waals surface area contributed by atoms with Gasteiger partial charge in [0.2, 0.25) is 0 Å². The molecule has 0 unspecified atom stereocenters. The largest absolute Gasteiger partial charge is 0.472 e. The van der Waals surface area contributed by atoms with Crippen LogP contribution in [0.25, 0.3) is 0 Å². The molecule has 4 nitrogen and oxygen atoms in total. The van der Waals surface area contributed by atoms with Gasteiger partial charge in [0.05, 0.1) is 11.8 Å². The number of furan rings is 1. The summed E-state index contributed by atoms with van der Waals surface area (Å²) in [6.45, 7) is 6.54. The molecule has 1 aromatic carbocycles. The molecule has 1 saturated carbocycles. The summed E-state index contributed by atoms with van der Waals surface area (Å²) in [5, 5.41) is 0. The quantitative estimate of drug-likeness (QED) is 0.668. The van der Waals surface area contributed by atoms with Crippen LogP contribution in [0.3, 0.4) is 0 Å². The molecule has 1 amide bonds. The molecule has 1 aromatic heterocycles. The van der Waals surface area contributed by atoms with Gasteiger partial charge in [-0.1, -0.05) is 37.1 Å². The smallest absolute Gasteiger partial charge is 0.257 e. The Kier molecular flexibility index (Phi) is 6.70. The van der Waals surface area contributed by atoms with E-state index in [9.17, 15) is 4.79 Å². The molecule has 156 valence electrons. The minimum atomic E-state index is 0.160. The Morgan fingerprint density at radius 2 is 1.86 bits per heavy atom. The highest BCUT2D eigenvalue weighted by atomic mass is 16.3. The lowest BCUT2D eigenvalue weighted by atomic mass is 9.94. The summed E-state index contributed by atoms with van der Waals surface area (Å²) < 4.78 is 5.17. The van der Waals surface area contributed by atoms with Crippen LogP contribution in [-0.4, -0.2) is 47.9 Å². The van der Waals surface area contributed by atoms with E-state index in [1.54, 1.807) is 18.6 Å². The first-order valence-electron chi connectivity index (χ1n) is 11.3. The second-order valence-electron chi connectivity index (χ2n) is 8.87. The lowest BCUT2D eigenvalue weighted by molar-refractivity contribution is 0.0598. The van der Waals surface area contributed by atoms with Gasteiger partial charge in [-0.2, -0.15) is 0 Å². The van der Waals surface area contributed by atoms with E-state index in [1.807, 2.05) is 0 Å². The van der Waals surface area contributed by atoms with Gasteiger partial charge in [0, 0.05) is 19.1 Å². The second kappa shape index (κ2) is 9.62. The lowest BCUT2D eigenvalue weighted by Gasteiger charge is -2.37. The highest BCUT2D eigenvalue weighted by Gasteiger charge is 2.31. The van der Waals surface area contributed by atoms with Crippen LogP contribution in [0.2, 0.25) is 0 Å². The SMILES string of the molecule is Cc1ccccc1CCN1CCC(CN(C(=O)c2ccoc2)C2CCCC2)CC1. The maximum Gasteiger partial charge on any atom is 0.257 e. The van der Waals surface area contributed by atoms with Crippen molar-refractivity contribution < 1.29 is 9.21 Å². The molecule has 0 spiro atoms. The number of carbonyl (C=O) groups is 1. The van der Waals surface area contributed by atoms with Crippen LogP contribution >= 0.6 is 0 Å². The van der Waals surface area contributed by atoms with Gasteiger partial charge in [-0.3, -0.25) is 4.79 Å². The third-order valence-electron chi connectivity index (χ3n) is 6.92. The van der Waals surface area contributed by atoms with Crippen LogP contribution in [0.4, 0.5) is 0 Å². The third-order valence-corrected chi connectivity index (χ3v) is 6.92. The highest BCUT2D eigenvalue weighted by molar-refractivity contribution is 5.94. The molecule has 2 heterocycles. The maximum absolute atomic E-state index is 13.1. The number of rotatable bonds is 7. The molecule has 4 heteroatoms. The zero-order valence-corrected chi connectivity index (χ0v) is 17.7. The van der Waals surface area contributed by atoms with E-state index in [1.165, 1.54) is 36.8 Å².